The number of carbonyl (C=O) groups excluding carboxylic acids is 2. The number of carbonyl (C=O) groups is 2. The first-order chi connectivity index (χ1) is 12.1. The Morgan fingerprint density at radius 3 is 2.68 bits per heavy atom. The van der Waals surface area contributed by atoms with Gasteiger partial charge in [0.05, 0.1) is 17.6 Å². The average molecular weight is 374 g/mol. The van der Waals surface area contributed by atoms with Gasteiger partial charge in [0.25, 0.3) is 5.91 Å². The maximum absolute atomic E-state index is 12.3. The molecule has 25 heavy (non-hydrogen) atoms. The number of halogens is 1. The molecule has 2 aromatic heterocycles. The van der Waals surface area contributed by atoms with Gasteiger partial charge >= 0.3 is 5.97 Å². The summed E-state index contributed by atoms with van der Waals surface area (Å²) in [4.78, 5) is 32.9. The van der Waals surface area contributed by atoms with Gasteiger partial charge in [0.1, 0.15) is 0 Å². The van der Waals surface area contributed by atoms with E-state index in [2.05, 4.69) is 15.3 Å². The third kappa shape index (κ3) is 3.67. The molecule has 1 N–H and O–H groups in total. The van der Waals surface area contributed by atoms with E-state index < -0.39 is 5.97 Å². The number of aromatic nitrogens is 2. The zero-order valence-corrected chi connectivity index (χ0v) is 14.6. The fraction of sp³-hybridized carbons (Fsp3) is 0.0588. The van der Waals surface area contributed by atoms with Crippen LogP contribution in [0.15, 0.2) is 48.8 Å². The second-order valence-electron chi connectivity index (χ2n) is 4.86. The molecule has 1 aromatic carbocycles. The van der Waals surface area contributed by atoms with E-state index in [-0.39, 0.29) is 16.7 Å². The lowest BCUT2D eigenvalue weighted by Crippen LogP contribution is -2.12. The Morgan fingerprint density at radius 1 is 1.20 bits per heavy atom. The summed E-state index contributed by atoms with van der Waals surface area (Å²) in [6.07, 6.45) is 3.02. The van der Waals surface area contributed by atoms with Crippen molar-refractivity contribution in [3.05, 3.63) is 65.1 Å². The molecule has 0 aliphatic carbocycles. The Hall–Kier alpha value is -2.77. The molecule has 0 saturated heterocycles. The second kappa shape index (κ2) is 7.42. The molecule has 0 saturated carbocycles. The highest BCUT2D eigenvalue weighted by molar-refractivity contribution is 7.19. The summed E-state index contributed by atoms with van der Waals surface area (Å²) in [7, 11) is 1.27. The van der Waals surface area contributed by atoms with Crippen molar-refractivity contribution < 1.29 is 14.3 Å². The van der Waals surface area contributed by atoms with Gasteiger partial charge in [-0.2, -0.15) is 0 Å². The zero-order valence-electron chi connectivity index (χ0n) is 13.0. The van der Waals surface area contributed by atoms with Gasteiger partial charge in [-0.1, -0.05) is 41.1 Å². The molecule has 3 rings (SSSR count). The van der Waals surface area contributed by atoms with E-state index in [0.29, 0.717) is 21.0 Å². The molecule has 0 atom stereocenters. The van der Waals surface area contributed by atoms with Gasteiger partial charge < -0.3 is 4.74 Å². The van der Waals surface area contributed by atoms with Gasteiger partial charge in [0, 0.05) is 23.0 Å². The fourth-order valence-corrected chi connectivity index (χ4v) is 3.38. The first kappa shape index (κ1) is 17.1. The highest BCUT2D eigenvalue weighted by Crippen LogP contribution is 2.37. The summed E-state index contributed by atoms with van der Waals surface area (Å²) in [5.74, 6) is -0.975. The maximum Gasteiger partial charge on any atom is 0.358 e. The molecule has 0 fully saturated rings. The van der Waals surface area contributed by atoms with Gasteiger partial charge in [-0.3, -0.25) is 15.1 Å². The first-order valence-corrected chi connectivity index (χ1v) is 8.35. The number of ether oxygens (including phenoxy) is 1. The lowest BCUT2D eigenvalue weighted by atomic mass is 10.1. The minimum atomic E-state index is -0.604. The zero-order chi connectivity index (χ0) is 17.8. The number of thiazole rings is 1. The topological polar surface area (TPSA) is 81.2 Å². The number of nitrogens with one attached hydrogen (secondary N) is 1. The molecule has 2 heterocycles. The van der Waals surface area contributed by atoms with Crippen LogP contribution < -0.4 is 5.32 Å². The maximum atomic E-state index is 12.3. The summed E-state index contributed by atoms with van der Waals surface area (Å²) in [5.41, 5.74) is 1.13. The van der Waals surface area contributed by atoms with Crippen molar-refractivity contribution in [1.82, 2.24) is 9.97 Å². The number of anilines is 1. The molecule has 8 heteroatoms. The van der Waals surface area contributed by atoms with Crippen LogP contribution >= 0.6 is 22.9 Å². The first-order valence-electron chi connectivity index (χ1n) is 7.15. The largest absolute Gasteiger partial charge is 0.464 e. The average Bonchev–Trinajstić information content (AvgIpc) is 3.05. The van der Waals surface area contributed by atoms with Crippen molar-refractivity contribution in [2.75, 3.05) is 12.4 Å². The molecule has 3 aromatic rings. The number of nitrogens with zero attached hydrogens (tertiary/aromatic N) is 2. The highest BCUT2D eigenvalue weighted by atomic mass is 35.5. The minimum Gasteiger partial charge on any atom is -0.464 e. The van der Waals surface area contributed by atoms with Crippen LogP contribution in [0.1, 0.15) is 20.8 Å². The molecule has 0 aliphatic rings. The summed E-state index contributed by atoms with van der Waals surface area (Å²) in [5, 5.41) is 3.41. The number of methoxy groups -OCH3 is 1. The number of pyridine rings is 1. The predicted molar refractivity (Wildman–Crippen MR) is 96.1 cm³/mol. The SMILES string of the molecule is COC(=O)c1nc(NC(=O)c2cccnc2)sc1-c1ccccc1Cl. The van der Waals surface area contributed by atoms with E-state index in [9.17, 15) is 9.59 Å². The molecule has 0 aliphatic heterocycles. The summed E-state index contributed by atoms with van der Waals surface area (Å²) in [6, 6.07) is 10.4. The molecule has 6 nitrogen and oxygen atoms in total. The van der Waals surface area contributed by atoms with E-state index >= 15 is 0 Å². The molecule has 0 radical (unpaired) electrons. The number of amides is 1. The minimum absolute atomic E-state index is 0.0992. The number of hydrogen-bond donors (Lipinski definition) is 1. The number of hydrogen-bond acceptors (Lipinski definition) is 6. The van der Waals surface area contributed by atoms with E-state index in [1.807, 2.05) is 0 Å². The van der Waals surface area contributed by atoms with E-state index in [4.69, 9.17) is 16.3 Å². The van der Waals surface area contributed by atoms with Gasteiger partial charge in [-0.05, 0) is 18.2 Å². The molecular formula is C17H12ClN3O3S. The van der Waals surface area contributed by atoms with Crippen LogP contribution in [0.3, 0.4) is 0 Å². The van der Waals surface area contributed by atoms with Gasteiger partial charge in [-0.25, -0.2) is 9.78 Å². The van der Waals surface area contributed by atoms with E-state index in [1.54, 1.807) is 42.6 Å². The van der Waals surface area contributed by atoms with Gasteiger partial charge in [-0.15, -0.1) is 0 Å². The van der Waals surface area contributed by atoms with E-state index in [0.717, 1.165) is 11.3 Å². The van der Waals surface area contributed by atoms with Crippen LogP contribution in [0, 0.1) is 0 Å². The predicted octanol–water partition coefficient (Wildman–Crippen LogP) is 3.90. The molecule has 1 amide bonds. The number of rotatable bonds is 4. The number of benzene rings is 1. The molecule has 126 valence electrons. The van der Waals surface area contributed by atoms with Crippen LogP contribution in [0.4, 0.5) is 5.13 Å². The molecule has 0 unspecified atom stereocenters. The van der Waals surface area contributed by atoms with Crippen molar-refractivity contribution in [1.29, 1.82) is 0 Å². The van der Waals surface area contributed by atoms with Gasteiger partial charge in [0.2, 0.25) is 0 Å². The van der Waals surface area contributed by atoms with Gasteiger partial charge in [0.15, 0.2) is 10.8 Å². The molecular weight excluding hydrogens is 362 g/mol. The van der Waals surface area contributed by atoms with Crippen LogP contribution in [0.5, 0.6) is 0 Å². The summed E-state index contributed by atoms with van der Waals surface area (Å²) < 4.78 is 4.78. The Kier molecular flexibility index (Phi) is 5.06. The van der Waals surface area contributed by atoms with Crippen molar-refractivity contribution in [2.45, 2.75) is 0 Å². The number of esters is 1. The standard InChI is InChI=1S/C17H12ClN3O3S/c1-24-16(23)13-14(11-6-2-3-7-12(11)18)25-17(20-13)21-15(22)10-5-4-8-19-9-10/h2-9H,1H3,(H,20,21,22). The Bertz CT molecular complexity index is 928. The van der Waals surface area contributed by atoms with Crippen molar-refractivity contribution in [3.8, 4) is 10.4 Å². The third-order valence-corrected chi connectivity index (χ3v) is 4.60. The normalized spacial score (nSPS) is 10.3. The Balaban J connectivity index is 1.98. The fourth-order valence-electron chi connectivity index (χ4n) is 2.10. The Morgan fingerprint density at radius 2 is 2.00 bits per heavy atom. The van der Waals surface area contributed by atoms with Crippen LogP contribution in [0.2, 0.25) is 5.02 Å². The van der Waals surface area contributed by atoms with E-state index in [1.165, 1.54) is 13.3 Å². The second-order valence-corrected chi connectivity index (χ2v) is 6.27. The van der Waals surface area contributed by atoms with Crippen LogP contribution in [-0.4, -0.2) is 29.0 Å². The summed E-state index contributed by atoms with van der Waals surface area (Å²) in [6.45, 7) is 0. The summed E-state index contributed by atoms with van der Waals surface area (Å²) >= 11 is 7.37. The third-order valence-electron chi connectivity index (χ3n) is 3.27. The smallest absolute Gasteiger partial charge is 0.358 e. The lowest BCUT2D eigenvalue weighted by Gasteiger charge is -2.02. The molecule has 0 bridgehead atoms. The van der Waals surface area contributed by atoms with Crippen molar-refractivity contribution in [2.24, 2.45) is 0 Å². The van der Waals surface area contributed by atoms with Crippen molar-refractivity contribution in [3.63, 3.8) is 0 Å². The quantitative estimate of drug-likeness (QED) is 0.701. The highest BCUT2D eigenvalue weighted by Gasteiger charge is 2.22. The molecule has 0 spiro atoms. The monoisotopic (exact) mass is 373 g/mol. The van der Waals surface area contributed by atoms with Crippen LogP contribution in [0.25, 0.3) is 10.4 Å². The Labute approximate surface area is 152 Å². The lowest BCUT2D eigenvalue weighted by molar-refractivity contribution is 0.0595. The van der Waals surface area contributed by atoms with Crippen molar-refractivity contribution >= 4 is 39.9 Å². The van der Waals surface area contributed by atoms with Crippen LogP contribution in [-0.2, 0) is 4.74 Å².